The predicted molar refractivity (Wildman–Crippen MR) is 62.6 cm³/mol. The SMILES string of the molecule is O=C(O)C1CN(C(=O)C2CCCCCCN2)C1. The van der Waals surface area contributed by atoms with E-state index in [2.05, 4.69) is 5.32 Å². The number of carbonyl (C=O) groups is 2. The van der Waals surface area contributed by atoms with Gasteiger partial charge in [0.15, 0.2) is 0 Å². The summed E-state index contributed by atoms with van der Waals surface area (Å²) in [6, 6.07) is -0.0926. The van der Waals surface area contributed by atoms with Crippen molar-refractivity contribution in [2.24, 2.45) is 5.92 Å². The number of nitrogens with zero attached hydrogens (tertiary/aromatic N) is 1. The zero-order chi connectivity index (χ0) is 12.3. The second kappa shape index (κ2) is 5.49. The van der Waals surface area contributed by atoms with Crippen LogP contribution in [0.1, 0.15) is 32.1 Å². The molecule has 1 amide bonds. The minimum atomic E-state index is -0.792. The number of amides is 1. The van der Waals surface area contributed by atoms with Crippen molar-refractivity contribution in [2.45, 2.75) is 38.1 Å². The molecule has 0 aromatic carbocycles. The van der Waals surface area contributed by atoms with E-state index in [-0.39, 0.29) is 17.9 Å². The van der Waals surface area contributed by atoms with Gasteiger partial charge in [-0.3, -0.25) is 9.59 Å². The minimum Gasteiger partial charge on any atom is -0.481 e. The standard InChI is InChI=1S/C12H20N2O3/c15-11(14-7-9(8-14)12(16)17)10-5-3-1-2-4-6-13-10/h9-10,13H,1-8H2,(H,16,17). The summed E-state index contributed by atoms with van der Waals surface area (Å²) in [7, 11) is 0. The molecule has 1 atom stereocenters. The molecule has 2 aliphatic heterocycles. The molecule has 0 bridgehead atoms. The lowest BCUT2D eigenvalue weighted by Gasteiger charge is -2.39. The van der Waals surface area contributed by atoms with E-state index in [1.54, 1.807) is 4.90 Å². The van der Waals surface area contributed by atoms with Crippen LogP contribution >= 0.6 is 0 Å². The van der Waals surface area contributed by atoms with Crippen molar-refractivity contribution < 1.29 is 14.7 Å². The number of rotatable bonds is 2. The monoisotopic (exact) mass is 240 g/mol. The molecule has 0 spiro atoms. The van der Waals surface area contributed by atoms with Crippen molar-refractivity contribution in [2.75, 3.05) is 19.6 Å². The molecule has 5 heteroatoms. The molecule has 17 heavy (non-hydrogen) atoms. The molecule has 2 rings (SSSR count). The van der Waals surface area contributed by atoms with E-state index in [9.17, 15) is 9.59 Å². The lowest BCUT2D eigenvalue weighted by atomic mass is 9.97. The van der Waals surface area contributed by atoms with Crippen molar-refractivity contribution in [3.8, 4) is 0 Å². The highest BCUT2D eigenvalue weighted by atomic mass is 16.4. The van der Waals surface area contributed by atoms with Gasteiger partial charge in [0.2, 0.25) is 5.91 Å². The van der Waals surface area contributed by atoms with Crippen LogP contribution in [0.4, 0.5) is 0 Å². The summed E-state index contributed by atoms with van der Waals surface area (Å²) < 4.78 is 0. The normalized spacial score (nSPS) is 26.8. The van der Waals surface area contributed by atoms with Gasteiger partial charge in [-0.15, -0.1) is 0 Å². The first-order valence-electron chi connectivity index (χ1n) is 6.43. The maximum Gasteiger partial charge on any atom is 0.310 e. The van der Waals surface area contributed by atoms with Gasteiger partial charge in [0, 0.05) is 13.1 Å². The number of likely N-dealkylation sites (tertiary alicyclic amines) is 1. The molecular formula is C12H20N2O3. The zero-order valence-electron chi connectivity index (χ0n) is 10.0. The van der Waals surface area contributed by atoms with Crippen LogP contribution in [0, 0.1) is 5.92 Å². The lowest BCUT2D eigenvalue weighted by Crippen LogP contribution is -2.58. The highest BCUT2D eigenvalue weighted by molar-refractivity contribution is 5.85. The van der Waals surface area contributed by atoms with Crippen LogP contribution in [0.15, 0.2) is 0 Å². The Hall–Kier alpha value is -1.10. The van der Waals surface area contributed by atoms with Crippen molar-refractivity contribution in [3.05, 3.63) is 0 Å². The van der Waals surface area contributed by atoms with Gasteiger partial charge in [-0.1, -0.05) is 19.3 Å². The van der Waals surface area contributed by atoms with Gasteiger partial charge in [0.1, 0.15) is 0 Å². The Labute approximate surface area is 101 Å². The first-order valence-corrected chi connectivity index (χ1v) is 6.43. The van der Waals surface area contributed by atoms with Gasteiger partial charge in [-0.25, -0.2) is 0 Å². The molecule has 96 valence electrons. The number of hydrogen-bond acceptors (Lipinski definition) is 3. The first kappa shape index (κ1) is 12.4. The van der Waals surface area contributed by atoms with E-state index in [1.165, 1.54) is 12.8 Å². The van der Waals surface area contributed by atoms with Crippen molar-refractivity contribution in [3.63, 3.8) is 0 Å². The van der Waals surface area contributed by atoms with E-state index in [1.807, 2.05) is 0 Å². The molecule has 0 aliphatic carbocycles. The quantitative estimate of drug-likeness (QED) is 0.735. The molecule has 2 N–H and O–H groups in total. The predicted octanol–water partition coefficient (Wildman–Crippen LogP) is 0.452. The Kier molecular flexibility index (Phi) is 3.99. The Bertz CT molecular complexity index is 292. The Balaban J connectivity index is 1.81. The maximum absolute atomic E-state index is 12.1. The van der Waals surface area contributed by atoms with Crippen molar-refractivity contribution in [1.82, 2.24) is 10.2 Å². The fourth-order valence-corrected chi connectivity index (χ4v) is 2.45. The van der Waals surface area contributed by atoms with Gasteiger partial charge in [0.05, 0.1) is 12.0 Å². The van der Waals surface area contributed by atoms with Gasteiger partial charge >= 0.3 is 5.97 Å². The average Bonchev–Trinajstić information content (AvgIpc) is 2.13. The topological polar surface area (TPSA) is 69.6 Å². The Morgan fingerprint density at radius 2 is 1.82 bits per heavy atom. The Morgan fingerprint density at radius 3 is 2.53 bits per heavy atom. The maximum atomic E-state index is 12.1. The second-order valence-electron chi connectivity index (χ2n) is 4.99. The number of nitrogens with one attached hydrogen (secondary N) is 1. The molecular weight excluding hydrogens is 220 g/mol. The van der Waals surface area contributed by atoms with Gasteiger partial charge in [0.25, 0.3) is 0 Å². The van der Waals surface area contributed by atoms with Crippen molar-refractivity contribution >= 4 is 11.9 Å². The summed E-state index contributed by atoms with van der Waals surface area (Å²) in [6.07, 6.45) is 5.52. The van der Waals surface area contributed by atoms with Gasteiger partial charge in [-0.2, -0.15) is 0 Å². The number of carbonyl (C=O) groups excluding carboxylic acids is 1. The lowest BCUT2D eigenvalue weighted by molar-refractivity contribution is -0.153. The van der Waals surface area contributed by atoms with Gasteiger partial charge in [-0.05, 0) is 19.4 Å². The number of aliphatic carboxylic acids is 1. The third-order valence-electron chi connectivity index (χ3n) is 3.65. The molecule has 2 saturated heterocycles. The molecule has 1 unspecified atom stereocenters. The van der Waals surface area contributed by atoms with E-state index in [0.717, 1.165) is 25.8 Å². The van der Waals surface area contributed by atoms with E-state index in [0.29, 0.717) is 13.1 Å². The molecule has 0 saturated carbocycles. The highest BCUT2D eigenvalue weighted by Gasteiger charge is 2.37. The number of hydrogen-bond donors (Lipinski definition) is 2. The fraction of sp³-hybridized carbons (Fsp3) is 0.833. The largest absolute Gasteiger partial charge is 0.481 e. The van der Waals surface area contributed by atoms with Crippen LogP contribution in [-0.4, -0.2) is 47.6 Å². The van der Waals surface area contributed by atoms with E-state index < -0.39 is 5.97 Å². The van der Waals surface area contributed by atoms with E-state index >= 15 is 0 Å². The second-order valence-corrected chi connectivity index (χ2v) is 4.99. The van der Waals surface area contributed by atoms with Crippen LogP contribution in [-0.2, 0) is 9.59 Å². The first-order chi connectivity index (χ1) is 8.18. The summed E-state index contributed by atoms with van der Waals surface area (Å²) >= 11 is 0. The summed E-state index contributed by atoms with van der Waals surface area (Å²) in [6.45, 7) is 1.66. The zero-order valence-corrected chi connectivity index (χ0v) is 10.0. The van der Waals surface area contributed by atoms with Crippen LogP contribution in [0.5, 0.6) is 0 Å². The average molecular weight is 240 g/mol. The third kappa shape index (κ3) is 2.97. The van der Waals surface area contributed by atoms with Crippen molar-refractivity contribution in [1.29, 1.82) is 0 Å². The van der Waals surface area contributed by atoms with Crippen LogP contribution in [0.2, 0.25) is 0 Å². The highest BCUT2D eigenvalue weighted by Crippen LogP contribution is 2.19. The molecule has 2 aliphatic rings. The summed E-state index contributed by atoms with van der Waals surface area (Å²) in [5.41, 5.74) is 0. The Morgan fingerprint density at radius 1 is 1.12 bits per heavy atom. The molecule has 2 heterocycles. The summed E-state index contributed by atoms with van der Waals surface area (Å²) in [4.78, 5) is 24.4. The van der Waals surface area contributed by atoms with Gasteiger partial charge < -0.3 is 15.3 Å². The number of carboxylic acids is 1. The molecule has 5 nitrogen and oxygen atoms in total. The van der Waals surface area contributed by atoms with Crippen LogP contribution in [0.3, 0.4) is 0 Å². The minimum absolute atomic E-state index is 0.0874. The summed E-state index contributed by atoms with van der Waals surface area (Å²) in [5.74, 6) is -1.06. The summed E-state index contributed by atoms with van der Waals surface area (Å²) in [5, 5.41) is 12.0. The molecule has 2 fully saturated rings. The fourth-order valence-electron chi connectivity index (χ4n) is 2.45. The third-order valence-corrected chi connectivity index (χ3v) is 3.65. The van der Waals surface area contributed by atoms with E-state index in [4.69, 9.17) is 5.11 Å². The molecule has 0 aromatic heterocycles. The number of carboxylic acid groups (broad SMARTS) is 1. The van der Waals surface area contributed by atoms with Crippen LogP contribution < -0.4 is 5.32 Å². The molecule has 0 aromatic rings. The molecule has 0 radical (unpaired) electrons. The van der Waals surface area contributed by atoms with Crippen LogP contribution in [0.25, 0.3) is 0 Å². The smallest absolute Gasteiger partial charge is 0.310 e.